The molecule has 0 spiro atoms. The van der Waals surface area contributed by atoms with Crippen LogP contribution in [0.2, 0.25) is 5.02 Å². The highest BCUT2D eigenvalue weighted by Crippen LogP contribution is 2.36. The summed E-state index contributed by atoms with van der Waals surface area (Å²) in [5.41, 5.74) is 0.742. The summed E-state index contributed by atoms with van der Waals surface area (Å²) in [5, 5.41) is 15.8. The molecule has 0 amide bonds. The monoisotopic (exact) mass is 446 g/mol. The lowest BCUT2D eigenvalue weighted by atomic mass is 10.0. The molecule has 0 aliphatic carbocycles. The molecule has 3 aromatic rings. The van der Waals surface area contributed by atoms with E-state index >= 15 is 0 Å². The minimum absolute atomic E-state index is 0.00653. The lowest BCUT2D eigenvalue weighted by Crippen LogP contribution is -2.46. The van der Waals surface area contributed by atoms with E-state index in [1.807, 2.05) is 0 Å². The fraction of sp³-hybridized carbons (Fsp3) is 0.286. The van der Waals surface area contributed by atoms with Gasteiger partial charge in [0.1, 0.15) is 24.3 Å². The number of fused-ring (bicyclic) bond motifs is 1. The van der Waals surface area contributed by atoms with E-state index in [9.17, 15) is 14.3 Å². The van der Waals surface area contributed by atoms with Gasteiger partial charge >= 0.3 is 5.97 Å². The number of carboxylic acid groups (broad SMARTS) is 1. The highest BCUT2D eigenvalue weighted by Gasteiger charge is 2.28. The maximum absolute atomic E-state index is 14.4. The van der Waals surface area contributed by atoms with Gasteiger partial charge in [0.2, 0.25) is 0 Å². The van der Waals surface area contributed by atoms with Crippen LogP contribution < -0.4 is 20.1 Å². The van der Waals surface area contributed by atoms with Gasteiger partial charge in [0.05, 0.1) is 23.3 Å². The lowest BCUT2D eigenvalue weighted by molar-refractivity contribution is -0.140. The highest BCUT2D eigenvalue weighted by atomic mass is 35.5. The molecule has 1 aromatic heterocycles. The van der Waals surface area contributed by atoms with E-state index in [4.69, 9.17) is 21.1 Å². The fourth-order valence-electron chi connectivity index (χ4n) is 3.50. The second kappa shape index (κ2) is 8.91. The van der Waals surface area contributed by atoms with Crippen molar-refractivity contribution in [3.63, 3.8) is 0 Å². The van der Waals surface area contributed by atoms with Crippen molar-refractivity contribution in [2.75, 3.05) is 19.0 Å². The van der Waals surface area contributed by atoms with E-state index in [1.54, 1.807) is 24.3 Å². The van der Waals surface area contributed by atoms with Crippen molar-refractivity contribution < 1.29 is 23.8 Å². The van der Waals surface area contributed by atoms with Gasteiger partial charge in [-0.15, -0.1) is 0 Å². The molecule has 2 aromatic carbocycles. The first kappa shape index (κ1) is 21.1. The Labute approximate surface area is 182 Å². The molecule has 1 aliphatic rings. The predicted octanol–water partition coefficient (Wildman–Crippen LogP) is 3.76. The van der Waals surface area contributed by atoms with Crippen LogP contribution in [0.25, 0.3) is 10.9 Å². The van der Waals surface area contributed by atoms with Crippen molar-refractivity contribution in [3.05, 3.63) is 47.5 Å². The number of piperidine rings is 1. The van der Waals surface area contributed by atoms with E-state index in [0.29, 0.717) is 47.6 Å². The zero-order chi connectivity index (χ0) is 22.0. The Hall–Kier alpha value is -3.17. The summed E-state index contributed by atoms with van der Waals surface area (Å²) >= 11 is 5.87. The molecule has 162 valence electrons. The van der Waals surface area contributed by atoms with Crippen LogP contribution in [-0.4, -0.2) is 46.8 Å². The summed E-state index contributed by atoms with van der Waals surface area (Å²) in [6.45, 7) is 0.529. The molecule has 2 heterocycles. The van der Waals surface area contributed by atoms with Gasteiger partial charge in [0, 0.05) is 17.9 Å². The summed E-state index contributed by atoms with van der Waals surface area (Å²) in [5.74, 6) is -0.253. The zero-order valence-corrected chi connectivity index (χ0v) is 17.3. The van der Waals surface area contributed by atoms with Gasteiger partial charge in [0.15, 0.2) is 17.3 Å². The van der Waals surface area contributed by atoms with Crippen molar-refractivity contribution in [1.29, 1.82) is 0 Å². The molecule has 0 bridgehead atoms. The number of carbonyl (C=O) groups is 1. The molecule has 0 saturated carbocycles. The van der Waals surface area contributed by atoms with Crippen LogP contribution in [0, 0.1) is 5.82 Å². The summed E-state index contributed by atoms with van der Waals surface area (Å²) in [6, 6.07) is 7.37. The molecule has 3 N–H and O–H groups in total. The maximum Gasteiger partial charge on any atom is 0.320 e. The van der Waals surface area contributed by atoms with Crippen LogP contribution in [0.1, 0.15) is 12.8 Å². The van der Waals surface area contributed by atoms with Crippen molar-refractivity contribution in [2.24, 2.45) is 0 Å². The molecule has 10 heteroatoms. The van der Waals surface area contributed by atoms with Crippen LogP contribution >= 0.6 is 11.6 Å². The molecule has 31 heavy (non-hydrogen) atoms. The number of benzene rings is 2. The van der Waals surface area contributed by atoms with Gasteiger partial charge in [-0.25, -0.2) is 14.4 Å². The molecule has 2 atom stereocenters. The third kappa shape index (κ3) is 4.47. The number of halogens is 2. The largest absolute Gasteiger partial charge is 0.493 e. The summed E-state index contributed by atoms with van der Waals surface area (Å²) in [7, 11) is 1.51. The Morgan fingerprint density at radius 3 is 2.94 bits per heavy atom. The Morgan fingerprint density at radius 2 is 2.16 bits per heavy atom. The zero-order valence-electron chi connectivity index (χ0n) is 16.6. The Bertz CT molecular complexity index is 1130. The van der Waals surface area contributed by atoms with E-state index in [2.05, 4.69) is 20.6 Å². The average Bonchev–Trinajstić information content (AvgIpc) is 2.77. The standard InChI is InChI=1S/C21H20ClFN4O4/c1-30-17-9-15-12(8-18(17)31-11-5-6-24-16(7-11)21(28)29)20(26-10-25-15)27-14-4-2-3-13(22)19(14)23/h2-4,8-11,16,24H,5-7H2,1H3,(H,28,29)(H,25,26,27)/t11-,16+/m0/s1. The van der Waals surface area contributed by atoms with Gasteiger partial charge in [-0.1, -0.05) is 17.7 Å². The predicted molar refractivity (Wildman–Crippen MR) is 114 cm³/mol. The number of hydrogen-bond acceptors (Lipinski definition) is 7. The number of ether oxygens (including phenoxy) is 2. The number of nitrogens with one attached hydrogen (secondary N) is 2. The normalized spacial score (nSPS) is 18.5. The average molecular weight is 447 g/mol. The van der Waals surface area contributed by atoms with Crippen LogP contribution in [0.4, 0.5) is 15.9 Å². The van der Waals surface area contributed by atoms with Crippen molar-refractivity contribution in [2.45, 2.75) is 25.0 Å². The number of carboxylic acids is 1. The number of methoxy groups -OCH3 is 1. The molecular weight excluding hydrogens is 427 g/mol. The first-order chi connectivity index (χ1) is 15.0. The van der Waals surface area contributed by atoms with Crippen molar-refractivity contribution in [3.8, 4) is 11.5 Å². The molecular formula is C21H20ClFN4O4. The maximum atomic E-state index is 14.4. The Morgan fingerprint density at radius 1 is 1.32 bits per heavy atom. The SMILES string of the molecule is COc1cc2ncnc(Nc3cccc(Cl)c3F)c2cc1O[C@H]1CCN[C@@H](C(=O)O)C1. The third-order valence-corrected chi connectivity index (χ3v) is 5.36. The van der Waals surface area contributed by atoms with Gasteiger partial charge in [0.25, 0.3) is 0 Å². The molecule has 1 fully saturated rings. The minimum Gasteiger partial charge on any atom is -0.493 e. The smallest absolute Gasteiger partial charge is 0.320 e. The molecule has 8 nitrogen and oxygen atoms in total. The first-order valence-electron chi connectivity index (χ1n) is 9.63. The second-order valence-corrected chi connectivity index (χ2v) is 7.49. The number of rotatable bonds is 6. The van der Waals surface area contributed by atoms with Gasteiger partial charge in [-0.05, 0) is 31.2 Å². The van der Waals surface area contributed by atoms with Crippen molar-refractivity contribution >= 4 is 40.0 Å². The van der Waals surface area contributed by atoms with Gasteiger partial charge in [-0.2, -0.15) is 0 Å². The molecule has 1 aliphatic heterocycles. The number of nitrogens with zero attached hydrogens (tertiary/aromatic N) is 2. The van der Waals surface area contributed by atoms with E-state index in [1.165, 1.54) is 19.5 Å². The number of anilines is 2. The quantitative estimate of drug-likeness (QED) is 0.525. The van der Waals surface area contributed by atoms with E-state index in [-0.39, 0.29) is 16.8 Å². The Kier molecular flexibility index (Phi) is 6.06. The topological polar surface area (TPSA) is 106 Å². The number of hydrogen-bond donors (Lipinski definition) is 3. The second-order valence-electron chi connectivity index (χ2n) is 7.08. The first-order valence-corrected chi connectivity index (χ1v) is 10.0. The van der Waals surface area contributed by atoms with Crippen molar-refractivity contribution in [1.82, 2.24) is 15.3 Å². The third-order valence-electron chi connectivity index (χ3n) is 5.07. The minimum atomic E-state index is -0.915. The van der Waals surface area contributed by atoms with Crippen LogP contribution in [0.15, 0.2) is 36.7 Å². The fourth-order valence-corrected chi connectivity index (χ4v) is 3.68. The lowest BCUT2D eigenvalue weighted by Gasteiger charge is -2.29. The summed E-state index contributed by atoms with van der Waals surface area (Å²) in [6.07, 6.45) is 2.02. The van der Waals surface area contributed by atoms with Crippen LogP contribution in [-0.2, 0) is 4.79 Å². The van der Waals surface area contributed by atoms with Crippen LogP contribution in [0.3, 0.4) is 0 Å². The summed E-state index contributed by atoms with van der Waals surface area (Å²) in [4.78, 5) is 19.8. The molecule has 0 unspecified atom stereocenters. The van der Waals surface area contributed by atoms with Crippen LogP contribution in [0.5, 0.6) is 11.5 Å². The van der Waals surface area contributed by atoms with Gasteiger partial charge < -0.3 is 25.2 Å². The number of aromatic nitrogens is 2. The van der Waals surface area contributed by atoms with Gasteiger partial charge in [-0.3, -0.25) is 4.79 Å². The Balaban J connectivity index is 1.68. The number of aliphatic carboxylic acids is 1. The summed E-state index contributed by atoms with van der Waals surface area (Å²) < 4.78 is 25.9. The molecule has 0 radical (unpaired) electrons. The highest BCUT2D eigenvalue weighted by molar-refractivity contribution is 6.31. The van der Waals surface area contributed by atoms with E-state index < -0.39 is 17.8 Å². The molecule has 1 saturated heterocycles. The molecule has 4 rings (SSSR count). The van der Waals surface area contributed by atoms with E-state index in [0.717, 1.165) is 0 Å².